The summed E-state index contributed by atoms with van der Waals surface area (Å²) in [6.07, 6.45) is -4.12. The van der Waals surface area contributed by atoms with Crippen molar-refractivity contribution in [3.63, 3.8) is 0 Å². The number of hydrogen-bond donors (Lipinski definition) is 2. The van der Waals surface area contributed by atoms with Crippen LogP contribution in [0.4, 0.5) is 23.2 Å². The van der Waals surface area contributed by atoms with Crippen LogP contribution in [0.2, 0.25) is 0 Å². The van der Waals surface area contributed by atoms with Gasteiger partial charge >= 0.3 is 6.18 Å². The highest BCUT2D eigenvalue weighted by molar-refractivity contribution is 7.92. The number of nitrogens with one attached hydrogen (secondary N) is 2. The van der Waals surface area contributed by atoms with Crippen molar-refractivity contribution < 1.29 is 30.8 Å². The number of carbonyl (C=O) groups excluding carboxylic acids is 1. The third-order valence-corrected chi connectivity index (χ3v) is 5.88. The van der Waals surface area contributed by atoms with Crippen molar-refractivity contribution in [3.8, 4) is 0 Å². The Labute approximate surface area is 182 Å². The first-order chi connectivity index (χ1) is 15.0. The summed E-state index contributed by atoms with van der Waals surface area (Å²) >= 11 is 0. The molecule has 0 atom stereocenters. The fraction of sp³-hybridized carbons (Fsp3) is 0.136. The lowest BCUT2D eigenvalue weighted by atomic mass is 10.1. The van der Waals surface area contributed by atoms with E-state index in [4.69, 9.17) is 0 Å². The van der Waals surface area contributed by atoms with Crippen molar-refractivity contribution in [3.05, 3.63) is 95.3 Å². The molecule has 0 radical (unpaired) electrons. The van der Waals surface area contributed by atoms with Gasteiger partial charge in [0.1, 0.15) is 5.82 Å². The maximum Gasteiger partial charge on any atom is 0.416 e. The van der Waals surface area contributed by atoms with Crippen molar-refractivity contribution in [1.82, 2.24) is 5.32 Å². The number of carbonyl (C=O) groups is 1. The minimum absolute atomic E-state index is 0.210. The fourth-order valence-corrected chi connectivity index (χ4v) is 3.88. The maximum absolute atomic E-state index is 12.9. The SMILES string of the molecule is O=C(NCCc1ccc(F)cc1)c1ccc(S(=O)(=O)Nc2cccc(C(F)(F)F)c2)cc1. The Morgan fingerprint density at radius 2 is 1.56 bits per heavy atom. The Morgan fingerprint density at radius 1 is 0.906 bits per heavy atom. The van der Waals surface area contributed by atoms with Crippen LogP contribution >= 0.6 is 0 Å². The molecule has 0 fully saturated rings. The van der Waals surface area contributed by atoms with Gasteiger partial charge in [-0.1, -0.05) is 18.2 Å². The second-order valence-corrected chi connectivity index (χ2v) is 8.52. The zero-order valence-corrected chi connectivity index (χ0v) is 17.3. The molecule has 0 heterocycles. The van der Waals surface area contributed by atoms with Crippen LogP contribution in [-0.4, -0.2) is 20.9 Å². The van der Waals surface area contributed by atoms with Crippen LogP contribution in [0.25, 0.3) is 0 Å². The summed E-state index contributed by atoms with van der Waals surface area (Å²) in [5, 5.41) is 2.68. The predicted octanol–water partition coefficient (Wildman–Crippen LogP) is 4.62. The zero-order chi connectivity index (χ0) is 23.4. The van der Waals surface area contributed by atoms with E-state index < -0.39 is 27.7 Å². The lowest BCUT2D eigenvalue weighted by molar-refractivity contribution is -0.137. The van der Waals surface area contributed by atoms with Gasteiger partial charge in [-0.25, -0.2) is 12.8 Å². The summed E-state index contributed by atoms with van der Waals surface area (Å²) in [5.74, 6) is -0.780. The first-order valence-corrected chi connectivity index (χ1v) is 10.9. The third kappa shape index (κ3) is 6.07. The molecule has 0 aliphatic heterocycles. The normalized spacial score (nSPS) is 11.8. The molecular weight excluding hydrogens is 448 g/mol. The van der Waals surface area contributed by atoms with Crippen LogP contribution in [-0.2, 0) is 22.6 Å². The summed E-state index contributed by atoms with van der Waals surface area (Å²) in [7, 11) is -4.15. The first-order valence-electron chi connectivity index (χ1n) is 9.37. The largest absolute Gasteiger partial charge is 0.416 e. The van der Waals surface area contributed by atoms with E-state index in [0.717, 1.165) is 17.7 Å². The van der Waals surface area contributed by atoms with Crippen molar-refractivity contribution in [2.45, 2.75) is 17.5 Å². The number of benzene rings is 3. The molecule has 0 aliphatic carbocycles. The molecule has 3 aromatic rings. The average Bonchev–Trinajstić information content (AvgIpc) is 2.74. The van der Waals surface area contributed by atoms with Gasteiger partial charge in [0.05, 0.1) is 10.5 Å². The molecule has 0 aliphatic rings. The summed E-state index contributed by atoms with van der Waals surface area (Å²) in [4.78, 5) is 12.0. The van der Waals surface area contributed by atoms with E-state index in [9.17, 15) is 30.8 Å². The number of rotatable bonds is 7. The predicted molar refractivity (Wildman–Crippen MR) is 111 cm³/mol. The molecule has 3 aromatic carbocycles. The zero-order valence-electron chi connectivity index (χ0n) is 16.5. The van der Waals surface area contributed by atoms with Crippen molar-refractivity contribution in [2.24, 2.45) is 0 Å². The van der Waals surface area contributed by atoms with Crippen molar-refractivity contribution in [2.75, 3.05) is 11.3 Å². The summed E-state index contributed by atoms with van der Waals surface area (Å²) in [6, 6.07) is 14.7. The Balaban J connectivity index is 1.62. The van der Waals surface area contributed by atoms with Crippen molar-refractivity contribution in [1.29, 1.82) is 0 Å². The Kier molecular flexibility index (Phi) is 6.83. The van der Waals surface area contributed by atoms with Crippen LogP contribution < -0.4 is 10.0 Å². The molecule has 0 saturated heterocycles. The number of halogens is 4. The Morgan fingerprint density at radius 3 is 2.19 bits per heavy atom. The lowest BCUT2D eigenvalue weighted by Crippen LogP contribution is -2.25. The maximum atomic E-state index is 12.9. The molecule has 10 heteroatoms. The molecule has 1 amide bonds. The number of alkyl halides is 3. The molecule has 32 heavy (non-hydrogen) atoms. The Hall–Kier alpha value is -3.40. The van der Waals surface area contributed by atoms with Gasteiger partial charge in [0.25, 0.3) is 15.9 Å². The topological polar surface area (TPSA) is 75.3 Å². The lowest BCUT2D eigenvalue weighted by Gasteiger charge is -2.12. The Bertz CT molecular complexity index is 1190. The fourth-order valence-electron chi connectivity index (χ4n) is 2.83. The van der Waals surface area contributed by atoms with Gasteiger partial charge in [0.2, 0.25) is 0 Å². The van der Waals surface area contributed by atoms with Gasteiger partial charge in [-0.2, -0.15) is 13.2 Å². The van der Waals surface area contributed by atoms with E-state index in [1.807, 2.05) is 0 Å². The molecule has 5 nitrogen and oxygen atoms in total. The van der Waals surface area contributed by atoms with Gasteiger partial charge in [-0.3, -0.25) is 9.52 Å². The molecule has 2 N–H and O–H groups in total. The molecule has 168 valence electrons. The number of amides is 1. The van der Waals surface area contributed by atoms with Gasteiger partial charge in [-0.15, -0.1) is 0 Å². The minimum Gasteiger partial charge on any atom is -0.352 e. The molecule has 0 unspecified atom stereocenters. The van der Waals surface area contributed by atoms with E-state index in [0.29, 0.717) is 19.0 Å². The van der Waals surface area contributed by atoms with Crippen LogP contribution in [0.1, 0.15) is 21.5 Å². The highest BCUT2D eigenvalue weighted by Crippen LogP contribution is 2.31. The van der Waals surface area contributed by atoms with Crippen LogP contribution in [0, 0.1) is 5.82 Å². The average molecular weight is 466 g/mol. The van der Waals surface area contributed by atoms with E-state index in [-0.39, 0.29) is 22.0 Å². The number of anilines is 1. The van der Waals surface area contributed by atoms with Crippen LogP contribution in [0.15, 0.2) is 77.7 Å². The van der Waals surface area contributed by atoms with Gasteiger partial charge in [0.15, 0.2) is 0 Å². The van der Waals surface area contributed by atoms with Gasteiger partial charge in [-0.05, 0) is 66.6 Å². The second kappa shape index (κ2) is 9.39. The quantitative estimate of drug-likeness (QED) is 0.499. The molecule has 0 saturated carbocycles. The monoisotopic (exact) mass is 466 g/mol. The third-order valence-electron chi connectivity index (χ3n) is 4.48. The molecule has 0 bridgehead atoms. The highest BCUT2D eigenvalue weighted by atomic mass is 32.2. The summed E-state index contributed by atoms with van der Waals surface area (Å²) < 4.78 is 78.4. The number of sulfonamides is 1. The van der Waals surface area contributed by atoms with E-state index in [2.05, 4.69) is 10.0 Å². The smallest absolute Gasteiger partial charge is 0.352 e. The van der Waals surface area contributed by atoms with Gasteiger partial charge < -0.3 is 5.32 Å². The molecule has 0 spiro atoms. The number of hydrogen-bond acceptors (Lipinski definition) is 3. The van der Waals surface area contributed by atoms with E-state index in [1.54, 1.807) is 12.1 Å². The highest BCUT2D eigenvalue weighted by Gasteiger charge is 2.30. The van der Waals surface area contributed by atoms with Crippen molar-refractivity contribution >= 4 is 21.6 Å². The standard InChI is InChI=1S/C22H18F4N2O3S/c23-18-8-4-15(5-9-18)12-13-27-21(29)16-6-10-20(11-7-16)32(30,31)28-19-3-1-2-17(14-19)22(24,25)26/h1-11,14,28H,12-13H2,(H,27,29). The minimum atomic E-state index is -4.60. The molecule has 0 aromatic heterocycles. The second-order valence-electron chi connectivity index (χ2n) is 6.84. The summed E-state index contributed by atoms with van der Waals surface area (Å²) in [5.41, 5.74) is -0.163. The van der Waals surface area contributed by atoms with Crippen LogP contribution in [0.3, 0.4) is 0 Å². The van der Waals surface area contributed by atoms with E-state index in [1.165, 1.54) is 42.5 Å². The van der Waals surface area contributed by atoms with Gasteiger partial charge in [0, 0.05) is 17.8 Å². The van der Waals surface area contributed by atoms with E-state index >= 15 is 0 Å². The molecular formula is C22H18F4N2O3S. The van der Waals surface area contributed by atoms with Crippen LogP contribution in [0.5, 0.6) is 0 Å². The summed E-state index contributed by atoms with van der Waals surface area (Å²) in [6.45, 7) is 0.293. The molecule has 3 rings (SSSR count). The first kappa shape index (κ1) is 23.3.